The van der Waals surface area contributed by atoms with Gasteiger partial charge in [-0.2, -0.15) is 5.32 Å². The number of fused-ring (bicyclic) bond motifs is 1. The van der Waals surface area contributed by atoms with Gasteiger partial charge >= 0.3 is 12.0 Å². The monoisotopic (exact) mass is 465 g/mol. The highest BCUT2D eigenvalue weighted by Gasteiger charge is 2.47. The Hall–Kier alpha value is -2.39. The summed E-state index contributed by atoms with van der Waals surface area (Å²) in [6, 6.07) is -0.592. The van der Waals surface area contributed by atoms with Gasteiger partial charge in [-0.25, -0.2) is 9.18 Å². The van der Waals surface area contributed by atoms with Crippen molar-refractivity contribution in [2.45, 2.75) is 64.6 Å². The van der Waals surface area contributed by atoms with E-state index in [4.69, 9.17) is 22.1 Å². The van der Waals surface area contributed by atoms with Gasteiger partial charge in [-0.3, -0.25) is 14.5 Å². The number of ether oxygens (including phenoxy) is 1. The lowest BCUT2D eigenvalue weighted by atomic mass is 9.82. The second-order valence-corrected chi connectivity index (χ2v) is 10.4. The van der Waals surface area contributed by atoms with Gasteiger partial charge in [0.1, 0.15) is 17.5 Å². The Bertz CT molecular complexity index is 1010. The number of benzene rings is 1. The van der Waals surface area contributed by atoms with Gasteiger partial charge < -0.3 is 15.4 Å². The molecule has 3 amide bonds. The van der Waals surface area contributed by atoms with Crippen LogP contribution in [0, 0.1) is 11.2 Å². The van der Waals surface area contributed by atoms with Crippen molar-refractivity contribution in [2.75, 3.05) is 22.9 Å². The first-order valence-electron chi connectivity index (χ1n) is 10.7. The van der Waals surface area contributed by atoms with E-state index in [0.29, 0.717) is 13.0 Å². The van der Waals surface area contributed by atoms with Crippen molar-refractivity contribution in [1.29, 1.82) is 0 Å². The third kappa shape index (κ3) is 3.92. The molecule has 8 nitrogen and oxygen atoms in total. The maximum absolute atomic E-state index is 15.2. The molecule has 0 bridgehead atoms. The van der Waals surface area contributed by atoms with Crippen LogP contribution in [0.15, 0.2) is 6.07 Å². The Morgan fingerprint density at radius 3 is 2.59 bits per heavy atom. The zero-order valence-corrected chi connectivity index (χ0v) is 19.3. The molecule has 1 radical (unpaired) electrons. The summed E-state index contributed by atoms with van der Waals surface area (Å²) in [5.74, 6) is -2.00. The molecule has 2 N–H and O–H groups in total. The zero-order valence-electron chi connectivity index (χ0n) is 18.6. The van der Waals surface area contributed by atoms with Crippen molar-refractivity contribution in [3.8, 4) is 0 Å². The molecule has 2 heterocycles. The fraction of sp³-hybridized carbons (Fsp3) is 0.591. The lowest BCUT2D eigenvalue weighted by Crippen LogP contribution is -2.49. The summed E-state index contributed by atoms with van der Waals surface area (Å²) >= 11 is 6.64. The molecule has 10 heteroatoms. The van der Waals surface area contributed by atoms with Crippen LogP contribution < -0.4 is 20.9 Å². The number of carbonyl (C=O) groups is 3. The van der Waals surface area contributed by atoms with Crippen LogP contribution in [-0.4, -0.2) is 48.7 Å². The highest BCUT2D eigenvalue weighted by atomic mass is 35.5. The van der Waals surface area contributed by atoms with E-state index in [2.05, 4.69) is 5.32 Å². The number of hydrogen-bond acceptors (Lipinski definition) is 6. The molecule has 4 rings (SSSR count). The van der Waals surface area contributed by atoms with Crippen molar-refractivity contribution in [3.05, 3.63) is 22.5 Å². The molecule has 173 valence electrons. The normalized spacial score (nSPS) is 24.3. The topological polar surface area (TPSA) is 107 Å². The van der Waals surface area contributed by atoms with Crippen LogP contribution in [0.4, 0.5) is 20.6 Å². The molecule has 1 saturated carbocycles. The Balaban J connectivity index is 1.66. The average Bonchev–Trinajstić information content (AvgIpc) is 3.43. The van der Waals surface area contributed by atoms with Gasteiger partial charge in [0.05, 0.1) is 22.0 Å². The van der Waals surface area contributed by atoms with Crippen LogP contribution in [0.1, 0.15) is 57.3 Å². The molecule has 1 aromatic carbocycles. The van der Waals surface area contributed by atoms with Crippen LogP contribution in [0.5, 0.6) is 0 Å². The van der Waals surface area contributed by atoms with Crippen molar-refractivity contribution >= 4 is 40.9 Å². The predicted octanol–water partition coefficient (Wildman–Crippen LogP) is 3.21. The van der Waals surface area contributed by atoms with Crippen molar-refractivity contribution in [1.82, 2.24) is 5.32 Å². The van der Waals surface area contributed by atoms with Gasteiger partial charge in [-0.1, -0.05) is 18.5 Å². The van der Waals surface area contributed by atoms with Gasteiger partial charge in [0.15, 0.2) is 0 Å². The number of imide groups is 1. The summed E-state index contributed by atoms with van der Waals surface area (Å²) in [6.45, 7) is 7.82. The van der Waals surface area contributed by atoms with Crippen LogP contribution in [0.25, 0.3) is 0 Å². The van der Waals surface area contributed by atoms with E-state index in [1.54, 1.807) is 25.7 Å². The van der Waals surface area contributed by atoms with Crippen molar-refractivity contribution in [2.24, 2.45) is 11.1 Å². The lowest BCUT2D eigenvalue weighted by Gasteiger charge is -2.34. The van der Waals surface area contributed by atoms with E-state index < -0.39 is 40.8 Å². The van der Waals surface area contributed by atoms with E-state index in [-0.39, 0.29) is 34.5 Å². The third-order valence-electron chi connectivity index (χ3n) is 6.19. The van der Waals surface area contributed by atoms with Crippen molar-refractivity contribution in [3.63, 3.8) is 0 Å². The second-order valence-electron chi connectivity index (χ2n) is 10.1. The standard InChI is InChI=1S/C22H27ClFN4O4/c1-21(2,3)32-19(30)17(25)22(4)7-8-27(10-22)16-13(24)9-12-15(14(16)23)28(11-5-6-11)20(31)26-18(12)29/h9,11,17H,5-8,10,25H2,1-4H3. The third-order valence-corrected chi connectivity index (χ3v) is 6.55. The van der Waals surface area contributed by atoms with Crippen LogP contribution in [0.3, 0.4) is 0 Å². The number of anilines is 2. The number of halogens is 2. The molecule has 32 heavy (non-hydrogen) atoms. The zero-order chi connectivity index (χ0) is 23.6. The van der Waals surface area contributed by atoms with Gasteiger partial charge in [0.2, 0.25) is 0 Å². The first kappa shape index (κ1) is 22.8. The molecule has 1 aliphatic carbocycles. The molecule has 0 spiro atoms. The second kappa shape index (κ2) is 7.59. The average molecular weight is 466 g/mol. The number of esters is 1. The fourth-order valence-corrected chi connectivity index (χ4v) is 4.74. The summed E-state index contributed by atoms with van der Waals surface area (Å²) in [7, 11) is 0. The number of nitrogens with zero attached hydrogens (tertiary/aromatic N) is 3. The molecule has 1 saturated heterocycles. The van der Waals surface area contributed by atoms with Crippen molar-refractivity contribution < 1.29 is 23.5 Å². The minimum Gasteiger partial charge on any atom is -0.459 e. The first-order valence-corrected chi connectivity index (χ1v) is 11.0. The number of hydrogen-bond donors (Lipinski definition) is 1. The molecule has 0 aromatic heterocycles. The summed E-state index contributed by atoms with van der Waals surface area (Å²) in [5, 5.41) is 3.51. The molecule has 2 aliphatic heterocycles. The van der Waals surface area contributed by atoms with E-state index in [0.717, 1.165) is 18.9 Å². The Morgan fingerprint density at radius 1 is 1.34 bits per heavy atom. The molecule has 2 fully saturated rings. The Morgan fingerprint density at radius 2 is 2.00 bits per heavy atom. The smallest absolute Gasteiger partial charge is 0.351 e. The van der Waals surface area contributed by atoms with Gasteiger partial charge in [-0.15, -0.1) is 0 Å². The Kier molecular flexibility index (Phi) is 5.40. The first-order chi connectivity index (χ1) is 14.8. The highest BCUT2D eigenvalue weighted by Crippen LogP contribution is 2.48. The van der Waals surface area contributed by atoms with E-state index >= 15 is 4.39 Å². The minimum absolute atomic E-state index is 0.00131. The van der Waals surface area contributed by atoms with Crippen LogP contribution >= 0.6 is 11.6 Å². The molecule has 3 aliphatic rings. The molecule has 2 atom stereocenters. The molecular formula is C22H27ClFN4O4. The fourth-order valence-electron chi connectivity index (χ4n) is 4.33. The van der Waals surface area contributed by atoms with Gasteiger partial charge in [0, 0.05) is 24.5 Å². The summed E-state index contributed by atoms with van der Waals surface area (Å²) in [4.78, 5) is 40.4. The SMILES string of the molecule is CC(C)(C)OC(=O)C(N)C1(C)CCN(c2c(F)cc3c(c2Cl)N(C2CC2)C(=O)[N]C3=O)C1. The van der Waals surface area contributed by atoms with Gasteiger partial charge in [-0.05, 0) is 46.1 Å². The molecular weight excluding hydrogens is 439 g/mol. The minimum atomic E-state index is -0.906. The number of nitrogens with two attached hydrogens (primary N) is 1. The number of carbonyl (C=O) groups excluding carboxylic acids is 3. The number of urea groups is 1. The van der Waals surface area contributed by atoms with E-state index in [1.165, 1.54) is 4.90 Å². The highest BCUT2D eigenvalue weighted by molar-refractivity contribution is 6.38. The van der Waals surface area contributed by atoms with Crippen LogP contribution in [0.2, 0.25) is 5.02 Å². The summed E-state index contributed by atoms with van der Waals surface area (Å²) in [6.07, 6.45) is 2.05. The lowest BCUT2D eigenvalue weighted by molar-refractivity contribution is -0.159. The number of rotatable bonds is 4. The molecule has 1 aromatic rings. The molecule has 2 unspecified atom stereocenters. The summed E-state index contributed by atoms with van der Waals surface area (Å²) in [5.41, 5.74) is 5.20. The van der Waals surface area contributed by atoms with Gasteiger partial charge in [0.25, 0.3) is 5.91 Å². The quantitative estimate of drug-likeness (QED) is 0.684. The predicted molar refractivity (Wildman–Crippen MR) is 118 cm³/mol. The van der Waals surface area contributed by atoms with E-state index in [9.17, 15) is 14.4 Å². The maximum atomic E-state index is 15.2. The summed E-state index contributed by atoms with van der Waals surface area (Å²) < 4.78 is 20.6. The maximum Gasteiger partial charge on any atom is 0.351 e. The largest absolute Gasteiger partial charge is 0.459 e. The Labute approximate surface area is 191 Å². The van der Waals surface area contributed by atoms with E-state index in [1.807, 2.05) is 6.92 Å². The number of amides is 3. The van der Waals surface area contributed by atoms with Crippen LogP contribution in [-0.2, 0) is 9.53 Å².